The topological polar surface area (TPSA) is 12.5 Å². The largest absolute Gasteiger partial charge is 2.00 e. The first-order valence-corrected chi connectivity index (χ1v) is 1.08. The summed E-state index contributed by atoms with van der Waals surface area (Å²) < 4.78 is 4.50. The standard InChI is InChI=1S/C2H4O.Ba.Se.2H/c1-2-3-1;;;;/h1-2H2;;;;/q;+2;;2*-1. The minimum Gasteiger partial charge on any atom is -1.00 e. The van der Waals surface area contributed by atoms with Crippen LogP contribution in [0.3, 0.4) is 0 Å². The van der Waals surface area contributed by atoms with E-state index in [1.807, 2.05) is 0 Å². The van der Waals surface area contributed by atoms with E-state index in [1.165, 1.54) is 0 Å². The van der Waals surface area contributed by atoms with Crippen molar-refractivity contribution in [3.63, 3.8) is 0 Å². The molecular formula is C2H6BaOSe. The van der Waals surface area contributed by atoms with E-state index in [-0.39, 0.29) is 68.8 Å². The van der Waals surface area contributed by atoms with Crippen LogP contribution in [0.2, 0.25) is 0 Å². The smallest absolute Gasteiger partial charge is 1.00 e. The van der Waals surface area contributed by atoms with Crippen molar-refractivity contribution in [2.75, 3.05) is 13.2 Å². The van der Waals surface area contributed by atoms with Crippen LogP contribution in [-0.4, -0.2) is 79.2 Å². The second-order valence-electron chi connectivity index (χ2n) is 0.612. The Hall–Kier alpha value is 2.05. The van der Waals surface area contributed by atoms with Crippen molar-refractivity contribution < 1.29 is 7.59 Å². The maximum absolute atomic E-state index is 4.50. The van der Waals surface area contributed by atoms with Crippen LogP contribution in [0.25, 0.3) is 0 Å². The molecule has 1 saturated heterocycles. The number of hydrogen-bond acceptors (Lipinski definition) is 1. The van der Waals surface area contributed by atoms with Crippen LogP contribution in [0, 0.1) is 0 Å². The van der Waals surface area contributed by atoms with E-state index < -0.39 is 0 Å². The van der Waals surface area contributed by atoms with E-state index in [9.17, 15) is 0 Å². The molecule has 3 heteroatoms. The Morgan fingerprint density at radius 2 is 1.60 bits per heavy atom. The second kappa shape index (κ2) is 6.05. The summed E-state index contributed by atoms with van der Waals surface area (Å²) in [5.74, 6) is 0. The van der Waals surface area contributed by atoms with Crippen molar-refractivity contribution in [1.82, 2.24) is 0 Å². The van der Waals surface area contributed by atoms with Gasteiger partial charge in [0.25, 0.3) is 0 Å². The molecule has 1 nitrogen and oxygen atoms in total. The Morgan fingerprint density at radius 1 is 1.40 bits per heavy atom. The van der Waals surface area contributed by atoms with Crippen LogP contribution in [0.15, 0.2) is 0 Å². The molecule has 0 unspecified atom stereocenters. The summed E-state index contributed by atoms with van der Waals surface area (Å²) in [5.41, 5.74) is 0. The maximum Gasteiger partial charge on any atom is 2.00 e. The molecule has 0 N–H and O–H groups in total. The van der Waals surface area contributed by atoms with Gasteiger partial charge in [-0.3, -0.25) is 0 Å². The third kappa shape index (κ3) is 10.7. The molecule has 0 bridgehead atoms. The molecule has 0 aromatic rings. The van der Waals surface area contributed by atoms with Gasteiger partial charge in [0.05, 0.1) is 13.2 Å². The van der Waals surface area contributed by atoms with Crippen molar-refractivity contribution >= 4 is 65.9 Å². The Bertz CT molecular complexity index is 20.4. The summed E-state index contributed by atoms with van der Waals surface area (Å²) >= 11 is 0. The SMILES string of the molecule is C1CO1.[Ba+2].[H-].[H-].[Se]. The first-order valence-electron chi connectivity index (χ1n) is 1.08. The predicted molar refractivity (Wildman–Crippen MR) is 24.6 cm³/mol. The van der Waals surface area contributed by atoms with Gasteiger partial charge in [-0.2, -0.15) is 0 Å². The molecule has 28 valence electrons. The summed E-state index contributed by atoms with van der Waals surface area (Å²) in [6.45, 7) is 2.00. The molecule has 2 radical (unpaired) electrons. The van der Waals surface area contributed by atoms with Gasteiger partial charge in [-0.15, -0.1) is 0 Å². The molecule has 0 amide bonds. The van der Waals surface area contributed by atoms with Crippen molar-refractivity contribution in [3.05, 3.63) is 0 Å². The molecule has 0 aliphatic carbocycles. The molecule has 1 aliphatic rings. The van der Waals surface area contributed by atoms with E-state index >= 15 is 0 Å². The minimum atomic E-state index is 0. The average Bonchev–Trinajstić information content (AvgIpc) is 1.46. The quantitative estimate of drug-likeness (QED) is 0.423. The van der Waals surface area contributed by atoms with Gasteiger partial charge in [-0.1, -0.05) is 0 Å². The molecule has 0 spiro atoms. The summed E-state index contributed by atoms with van der Waals surface area (Å²) in [5, 5.41) is 0. The fourth-order valence-corrected chi connectivity index (χ4v) is 0. The monoisotopic (exact) mass is 264 g/mol. The molecule has 0 saturated carbocycles. The molecule has 5 heavy (non-hydrogen) atoms. The summed E-state index contributed by atoms with van der Waals surface area (Å²) in [6, 6.07) is 0. The third-order valence-corrected chi connectivity index (χ3v) is 0.204. The summed E-state index contributed by atoms with van der Waals surface area (Å²) in [6.07, 6.45) is 0. The van der Waals surface area contributed by atoms with Crippen LogP contribution < -0.4 is 0 Å². The Kier molecular flexibility index (Phi) is 12.2. The predicted octanol–water partition coefficient (Wildman–Crippen LogP) is -0.520. The van der Waals surface area contributed by atoms with Crippen LogP contribution >= 0.6 is 0 Å². The van der Waals surface area contributed by atoms with E-state index in [1.54, 1.807) is 0 Å². The van der Waals surface area contributed by atoms with Gasteiger partial charge in [-0.05, 0) is 0 Å². The van der Waals surface area contributed by atoms with Gasteiger partial charge in [0.1, 0.15) is 0 Å². The average molecular weight is 262 g/mol. The molecule has 1 aliphatic heterocycles. The van der Waals surface area contributed by atoms with Gasteiger partial charge >= 0.3 is 48.9 Å². The number of hydrogen-bond donors (Lipinski definition) is 0. The molecule has 1 rings (SSSR count). The van der Waals surface area contributed by atoms with Crippen molar-refractivity contribution in [2.24, 2.45) is 0 Å². The zero-order valence-electron chi connectivity index (χ0n) is 4.94. The van der Waals surface area contributed by atoms with E-state index in [2.05, 4.69) is 4.74 Å². The normalized spacial score (nSPS) is 14.4. The molecule has 1 fully saturated rings. The molecule has 0 atom stereocenters. The van der Waals surface area contributed by atoms with Crippen molar-refractivity contribution in [3.8, 4) is 0 Å². The second-order valence-corrected chi connectivity index (χ2v) is 0.612. The Labute approximate surface area is 85.4 Å². The van der Waals surface area contributed by atoms with E-state index in [4.69, 9.17) is 0 Å². The van der Waals surface area contributed by atoms with Gasteiger partial charge in [0.15, 0.2) is 0 Å². The third-order valence-electron chi connectivity index (χ3n) is 0.204. The minimum absolute atomic E-state index is 0. The van der Waals surface area contributed by atoms with Crippen molar-refractivity contribution in [2.45, 2.75) is 0 Å². The van der Waals surface area contributed by atoms with Crippen LogP contribution in [0.4, 0.5) is 0 Å². The van der Waals surface area contributed by atoms with Crippen LogP contribution in [0.5, 0.6) is 0 Å². The summed E-state index contributed by atoms with van der Waals surface area (Å²) in [7, 11) is 0. The fourth-order valence-electron chi connectivity index (χ4n) is 0. The molecule has 1 heterocycles. The van der Waals surface area contributed by atoms with Crippen LogP contribution in [0.1, 0.15) is 2.85 Å². The number of ether oxygens (including phenoxy) is 1. The van der Waals surface area contributed by atoms with Crippen molar-refractivity contribution in [1.29, 1.82) is 0 Å². The molecule has 0 aromatic carbocycles. The van der Waals surface area contributed by atoms with E-state index in [0.717, 1.165) is 13.2 Å². The summed E-state index contributed by atoms with van der Waals surface area (Å²) in [4.78, 5) is 0. The van der Waals surface area contributed by atoms with Gasteiger partial charge in [0.2, 0.25) is 0 Å². The zero-order valence-corrected chi connectivity index (χ0v) is 9.09. The van der Waals surface area contributed by atoms with Gasteiger partial charge < -0.3 is 7.59 Å². The van der Waals surface area contributed by atoms with E-state index in [0.29, 0.717) is 0 Å². The fraction of sp³-hybridized carbons (Fsp3) is 1.00. The first-order chi connectivity index (χ1) is 1.50. The van der Waals surface area contributed by atoms with Gasteiger partial charge in [0, 0.05) is 17.1 Å². The Morgan fingerprint density at radius 3 is 1.60 bits per heavy atom. The number of epoxide rings is 1. The van der Waals surface area contributed by atoms with Crippen LogP contribution in [-0.2, 0) is 4.74 Å². The number of rotatable bonds is 0. The zero-order chi connectivity index (χ0) is 2.12. The maximum atomic E-state index is 4.50. The molecular weight excluding hydrogens is 256 g/mol. The molecule has 0 aromatic heterocycles. The van der Waals surface area contributed by atoms with Gasteiger partial charge in [-0.25, -0.2) is 0 Å². The Balaban J connectivity index is -0.0000000112. The first kappa shape index (κ1) is 10.1.